The highest BCUT2D eigenvalue weighted by molar-refractivity contribution is 7.11. The second-order valence-corrected chi connectivity index (χ2v) is 6.75. The van der Waals surface area contributed by atoms with Crippen molar-refractivity contribution < 1.29 is 0 Å². The SMILES string of the molecule is Cc1ccc(CN(CCN(C)C)Cc2ccncc2)s1. The largest absolute Gasteiger partial charge is 0.308 e. The van der Waals surface area contributed by atoms with Crippen molar-refractivity contribution >= 4 is 11.3 Å². The minimum Gasteiger partial charge on any atom is -0.308 e. The van der Waals surface area contributed by atoms with Gasteiger partial charge in [0.25, 0.3) is 0 Å². The second-order valence-electron chi connectivity index (χ2n) is 5.38. The van der Waals surface area contributed by atoms with E-state index in [1.54, 1.807) is 0 Å². The summed E-state index contributed by atoms with van der Waals surface area (Å²) >= 11 is 1.89. The molecule has 0 aliphatic rings. The van der Waals surface area contributed by atoms with Crippen LogP contribution in [0.3, 0.4) is 0 Å². The van der Waals surface area contributed by atoms with Crippen molar-refractivity contribution in [2.45, 2.75) is 20.0 Å². The zero-order chi connectivity index (χ0) is 14.4. The molecule has 2 rings (SSSR count). The van der Waals surface area contributed by atoms with Gasteiger partial charge in [0.1, 0.15) is 0 Å². The van der Waals surface area contributed by atoms with E-state index in [4.69, 9.17) is 0 Å². The molecule has 0 saturated carbocycles. The molecule has 4 heteroatoms. The Labute approximate surface area is 125 Å². The van der Waals surface area contributed by atoms with Crippen LogP contribution in [0.2, 0.25) is 0 Å². The summed E-state index contributed by atoms with van der Waals surface area (Å²) in [4.78, 5) is 11.7. The van der Waals surface area contributed by atoms with E-state index in [2.05, 4.69) is 60.1 Å². The highest BCUT2D eigenvalue weighted by Gasteiger charge is 2.09. The second kappa shape index (κ2) is 7.53. The van der Waals surface area contributed by atoms with Gasteiger partial charge in [-0.1, -0.05) is 0 Å². The lowest BCUT2D eigenvalue weighted by molar-refractivity contribution is 0.228. The Morgan fingerprint density at radius 1 is 1.00 bits per heavy atom. The van der Waals surface area contributed by atoms with Gasteiger partial charge < -0.3 is 4.90 Å². The Morgan fingerprint density at radius 2 is 1.75 bits per heavy atom. The van der Waals surface area contributed by atoms with E-state index in [0.29, 0.717) is 0 Å². The van der Waals surface area contributed by atoms with Crippen molar-refractivity contribution in [1.29, 1.82) is 0 Å². The molecule has 20 heavy (non-hydrogen) atoms. The van der Waals surface area contributed by atoms with E-state index < -0.39 is 0 Å². The van der Waals surface area contributed by atoms with Gasteiger partial charge in [0.2, 0.25) is 0 Å². The molecule has 2 aromatic rings. The van der Waals surface area contributed by atoms with Crippen LogP contribution in [0.1, 0.15) is 15.3 Å². The number of aromatic nitrogens is 1. The van der Waals surface area contributed by atoms with E-state index in [0.717, 1.165) is 26.2 Å². The van der Waals surface area contributed by atoms with Crippen LogP contribution in [0.5, 0.6) is 0 Å². The van der Waals surface area contributed by atoms with Gasteiger partial charge in [-0.25, -0.2) is 0 Å². The summed E-state index contributed by atoms with van der Waals surface area (Å²) in [5, 5.41) is 0. The van der Waals surface area contributed by atoms with E-state index in [1.807, 2.05) is 23.7 Å². The van der Waals surface area contributed by atoms with Crippen molar-refractivity contribution in [3.05, 3.63) is 52.0 Å². The van der Waals surface area contributed by atoms with E-state index in [1.165, 1.54) is 15.3 Å². The Balaban J connectivity index is 2.00. The molecule has 2 heterocycles. The fourth-order valence-electron chi connectivity index (χ4n) is 2.09. The van der Waals surface area contributed by atoms with Gasteiger partial charge in [0, 0.05) is 48.3 Å². The Morgan fingerprint density at radius 3 is 2.35 bits per heavy atom. The molecule has 0 N–H and O–H groups in total. The van der Waals surface area contributed by atoms with Gasteiger partial charge in [0.15, 0.2) is 0 Å². The molecule has 0 aliphatic carbocycles. The molecule has 0 fully saturated rings. The minimum atomic E-state index is 0.979. The lowest BCUT2D eigenvalue weighted by atomic mass is 10.2. The third-order valence-electron chi connectivity index (χ3n) is 3.19. The molecule has 0 saturated heterocycles. The summed E-state index contributed by atoms with van der Waals surface area (Å²) in [7, 11) is 4.25. The number of rotatable bonds is 7. The lowest BCUT2D eigenvalue weighted by Gasteiger charge is -2.23. The average Bonchev–Trinajstić information content (AvgIpc) is 2.82. The maximum atomic E-state index is 4.09. The number of hydrogen-bond donors (Lipinski definition) is 0. The monoisotopic (exact) mass is 289 g/mol. The zero-order valence-electron chi connectivity index (χ0n) is 12.5. The maximum absolute atomic E-state index is 4.09. The van der Waals surface area contributed by atoms with Crippen molar-refractivity contribution in [2.75, 3.05) is 27.2 Å². The van der Waals surface area contributed by atoms with Crippen LogP contribution in [0, 0.1) is 6.92 Å². The Hall–Kier alpha value is -1.23. The molecule has 0 spiro atoms. The van der Waals surface area contributed by atoms with Crippen LogP contribution in [-0.2, 0) is 13.1 Å². The third kappa shape index (κ3) is 5.04. The predicted octanol–water partition coefficient (Wildman–Crippen LogP) is 3.02. The van der Waals surface area contributed by atoms with Gasteiger partial charge in [-0.05, 0) is 50.8 Å². The van der Waals surface area contributed by atoms with Gasteiger partial charge in [0.05, 0.1) is 0 Å². The molecular formula is C16H23N3S. The van der Waals surface area contributed by atoms with Crippen LogP contribution in [0.4, 0.5) is 0 Å². The fraction of sp³-hybridized carbons (Fsp3) is 0.438. The number of aryl methyl sites for hydroxylation is 1. The van der Waals surface area contributed by atoms with E-state index in [9.17, 15) is 0 Å². The summed E-state index contributed by atoms with van der Waals surface area (Å²) in [5.74, 6) is 0. The highest BCUT2D eigenvalue weighted by Crippen LogP contribution is 2.18. The molecule has 0 unspecified atom stereocenters. The molecule has 3 nitrogen and oxygen atoms in total. The van der Waals surface area contributed by atoms with E-state index >= 15 is 0 Å². The van der Waals surface area contributed by atoms with Crippen molar-refractivity contribution in [3.63, 3.8) is 0 Å². The molecule has 0 atom stereocenters. The minimum absolute atomic E-state index is 0.979. The first-order valence-electron chi connectivity index (χ1n) is 6.95. The summed E-state index contributed by atoms with van der Waals surface area (Å²) in [6, 6.07) is 8.65. The third-order valence-corrected chi connectivity index (χ3v) is 4.18. The Kier molecular flexibility index (Phi) is 5.71. The molecule has 0 bridgehead atoms. The quantitative estimate of drug-likeness (QED) is 0.781. The van der Waals surface area contributed by atoms with Gasteiger partial charge in [-0.2, -0.15) is 0 Å². The fourth-order valence-corrected chi connectivity index (χ4v) is 3.03. The topological polar surface area (TPSA) is 19.4 Å². The van der Waals surface area contributed by atoms with Crippen LogP contribution in [0.15, 0.2) is 36.7 Å². The van der Waals surface area contributed by atoms with Gasteiger partial charge >= 0.3 is 0 Å². The van der Waals surface area contributed by atoms with E-state index in [-0.39, 0.29) is 0 Å². The summed E-state index contributed by atoms with van der Waals surface area (Å²) in [6.45, 7) is 6.32. The highest BCUT2D eigenvalue weighted by atomic mass is 32.1. The van der Waals surface area contributed by atoms with Crippen molar-refractivity contribution in [1.82, 2.24) is 14.8 Å². The van der Waals surface area contributed by atoms with Crippen LogP contribution >= 0.6 is 11.3 Å². The first-order chi connectivity index (χ1) is 9.63. The van der Waals surface area contributed by atoms with Crippen LogP contribution in [-0.4, -0.2) is 42.0 Å². The number of nitrogens with zero attached hydrogens (tertiary/aromatic N) is 3. The normalized spacial score (nSPS) is 11.4. The number of hydrogen-bond acceptors (Lipinski definition) is 4. The summed E-state index contributed by atoms with van der Waals surface area (Å²) < 4.78 is 0. The molecular weight excluding hydrogens is 266 g/mol. The smallest absolute Gasteiger partial charge is 0.0332 e. The number of pyridine rings is 1. The van der Waals surface area contributed by atoms with Crippen LogP contribution < -0.4 is 0 Å². The summed E-state index contributed by atoms with van der Waals surface area (Å²) in [6.07, 6.45) is 3.74. The summed E-state index contributed by atoms with van der Waals surface area (Å²) in [5.41, 5.74) is 1.33. The molecule has 0 amide bonds. The Bertz CT molecular complexity index is 507. The first kappa shape index (κ1) is 15.2. The molecule has 108 valence electrons. The molecule has 0 aromatic carbocycles. The van der Waals surface area contributed by atoms with Gasteiger partial charge in [-0.15, -0.1) is 11.3 Å². The zero-order valence-corrected chi connectivity index (χ0v) is 13.4. The maximum Gasteiger partial charge on any atom is 0.0332 e. The number of thiophene rings is 1. The molecule has 0 aliphatic heterocycles. The standard InChI is InChI=1S/C16H23N3S/c1-14-4-5-16(20-14)13-19(11-10-18(2)3)12-15-6-8-17-9-7-15/h4-9H,10-13H2,1-3H3. The first-order valence-corrected chi connectivity index (χ1v) is 7.76. The van der Waals surface area contributed by atoms with Crippen molar-refractivity contribution in [3.8, 4) is 0 Å². The average molecular weight is 289 g/mol. The molecule has 2 aromatic heterocycles. The van der Waals surface area contributed by atoms with Gasteiger partial charge in [-0.3, -0.25) is 9.88 Å². The van der Waals surface area contributed by atoms with Crippen LogP contribution in [0.25, 0.3) is 0 Å². The predicted molar refractivity (Wildman–Crippen MR) is 86.0 cm³/mol. The number of likely N-dealkylation sites (N-methyl/N-ethyl adjacent to an activating group) is 1. The van der Waals surface area contributed by atoms with Crippen molar-refractivity contribution in [2.24, 2.45) is 0 Å². The molecule has 0 radical (unpaired) electrons. The lowest BCUT2D eigenvalue weighted by Crippen LogP contribution is -2.30.